The number of nitrogens with zero attached hydrogens (tertiary/aromatic N) is 1. The van der Waals surface area contributed by atoms with Crippen LogP contribution in [0.3, 0.4) is 0 Å². The number of Topliss-reactive ketones (excluding diaryl/α,β-unsaturated/α-hetero) is 1. The molecule has 0 aromatic carbocycles. The van der Waals surface area contributed by atoms with Crippen molar-refractivity contribution < 1.29 is 29.1 Å². The van der Waals surface area contributed by atoms with Gasteiger partial charge in [0.2, 0.25) is 17.6 Å². The van der Waals surface area contributed by atoms with E-state index in [0.29, 0.717) is 19.4 Å². The first-order valence-corrected chi connectivity index (χ1v) is 14.8. The van der Waals surface area contributed by atoms with Gasteiger partial charge in [0.25, 0.3) is 5.91 Å². The second-order valence-corrected chi connectivity index (χ2v) is 14.2. The Labute approximate surface area is 236 Å². The van der Waals surface area contributed by atoms with Crippen LogP contribution < -0.4 is 21.7 Å². The normalized spacial score (nSPS) is 28.4. The number of aliphatic hydroxyl groups is 1. The molecular formula is C29H47N5O6. The second-order valence-electron chi connectivity index (χ2n) is 14.2. The number of amides is 5. The van der Waals surface area contributed by atoms with Crippen LogP contribution in [0.5, 0.6) is 0 Å². The number of urea groups is 1. The van der Waals surface area contributed by atoms with Crippen LogP contribution in [0.25, 0.3) is 0 Å². The van der Waals surface area contributed by atoms with E-state index in [4.69, 9.17) is 5.73 Å². The molecule has 5 amide bonds. The predicted molar refractivity (Wildman–Crippen MR) is 148 cm³/mol. The average Bonchev–Trinajstić information content (AvgIpc) is 3.76. The number of primary amides is 1. The van der Waals surface area contributed by atoms with Crippen LogP contribution in [0, 0.1) is 28.6 Å². The topological polar surface area (TPSA) is 171 Å². The van der Waals surface area contributed by atoms with Crippen molar-refractivity contribution in [2.75, 3.05) is 13.2 Å². The second kappa shape index (κ2) is 10.9. The quantitative estimate of drug-likeness (QED) is 0.209. The largest absolute Gasteiger partial charge is 0.394 e. The molecule has 6 N–H and O–H groups in total. The maximum Gasteiger partial charge on any atom is 0.315 e. The lowest BCUT2D eigenvalue weighted by Crippen LogP contribution is -2.63. The zero-order valence-electron chi connectivity index (χ0n) is 24.5. The first kappa shape index (κ1) is 30.3. The van der Waals surface area contributed by atoms with Crippen LogP contribution in [0.2, 0.25) is 0 Å². The number of likely N-dealkylation sites (tertiary alicyclic amines) is 1. The fourth-order valence-electron chi connectivity index (χ4n) is 6.98. The van der Waals surface area contributed by atoms with Crippen LogP contribution in [-0.4, -0.2) is 76.4 Å². The van der Waals surface area contributed by atoms with E-state index >= 15 is 0 Å². The maximum absolute atomic E-state index is 14.1. The van der Waals surface area contributed by atoms with Gasteiger partial charge in [-0.25, -0.2) is 4.79 Å². The molecule has 224 valence electrons. The van der Waals surface area contributed by atoms with E-state index in [1.54, 1.807) is 0 Å². The van der Waals surface area contributed by atoms with Crippen molar-refractivity contribution >= 4 is 29.5 Å². The Morgan fingerprint density at radius 2 is 1.60 bits per heavy atom. The number of aliphatic hydroxyl groups excluding tert-OH is 1. The smallest absolute Gasteiger partial charge is 0.315 e. The first-order valence-electron chi connectivity index (χ1n) is 14.8. The molecule has 0 spiro atoms. The van der Waals surface area contributed by atoms with Crippen molar-refractivity contribution in [2.24, 2.45) is 34.3 Å². The Morgan fingerprint density at radius 1 is 1.00 bits per heavy atom. The highest BCUT2D eigenvalue weighted by Crippen LogP contribution is 2.65. The van der Waals surface area contributed by atoms with Gasteiger partial charge in [0, 0.05) is 6.54 Å². The van der Waals surface area contributed by atoms with E-state index in [1.807, 2.05) is 20.8 Å². The number of nitrogens with one attached hydrogen (secondary N) is 3. The Balaban J connectivity index is 1.53. The minimum atomic E-state index is -1.08. The molecule has 11 heteroatoms. The molecule has 1 saturated heterocycles. The monoisotopic (exact) mass is 561 g/mol. The summed E-state index contributed by atoms with van der Waals surface area (Å²) in [5.41, 5.74) is 3.69. The number of nitrogens with two attached hydrogens (primary N) is 1. The molecule has 11 nitrogen and oxygen atoms in total. The fraction of sp³-hybridized carbons (Fsp3) is 0.828. The summed E-state index contributed by atoms with van der Waals surface area (Å²) in [5, 5.41) is 18.8. The van der Waals surface area contributed by atoms with Crippen LogP contribution in [0.4, 0.5) is 4.79 Å². The Morgan fingerprint density at radius 3 is 2.10 bits per heavy atom. The Bertz CT molecular complexity index is 1040. The third-order valence-electron chi connectivity index (χ3n) is 9.81. The van der Waals surface area contributed by atoms with Crippen molar-refractivity contribution in [2.45, 2.75) is 110 Å². The Kier molecular flexibility index (Phi) is 8.28. The molecule has 1 heterocycles. The molecule has 4 aliphatic rings. The SMILES string of the molecule is CC(C)(C)[C@H](NC(=O)NC1(CO)CCCCCC1)C(=O)N1C[C@H]2[C@@H]([C@H]1C(=O)NC(C(=O)C(N)=O)C1CC1)C2(C)C. The molecule has 5 atom stereocenters. The average molecular weight is 562 g/mol. The van der Waals surface area contributed by atoms with Crippen molar-refractivity contribution in [3.8, 4) is 0 Å². The highest BCUT2D eigenvalue weighted by atomic mass is 16.3. The summed E-state index contributed by atoms with van der Waals surface area (Å²) in [6.07, 6.45) is 6.70. The lowest BCUT2D eigenvalue weighted by molar-refractivity contribution is -0.145. The van der Waals surface area contributed by atoms with Gasteiger partial charge in [-0.15, -0.1) is 0 Å². The van der Waals surface area contributed by atoms with E-state index in [9.17, 15) is 29.1 Å². The van der Waals surface area contributed by atoms with Crippen molar-refractivity contribution in [3.63, 3.8) is 0 Å². The highest BCUT2D eigenvalue weighted by Gasteiger charge is 2.70. The van der Waals surface area contributed by atoms with Crippen molar-refractivity contribution in [1.82, 2.24) is 20.9 Å². The van der Waals surface area contributed by atoms with Gasteiger partial charge in [-0.05, 0) is 54.3 Å². The summed E-state index contributed by atoms with van der Waals surface area (Å²) < 4.78 is 0. The zero-order chi connectivity index (χ0) is 29.6. The minimum absolute atomic E-state index is 0.0990. The van der Waals surface area contributed by atoms with Crippen LogP contribution in [0.15, 0.2) is 0 Å². The van der Waals surface area contributed by atoms with Crippen molar-refractivity contribution in [1.29, 1.82) is 0 Å². The van der Waals surface area contributed by atoms with E-state index in [2.05, 4.69) is 29.8 Å². The Hall–Kier alpha value is -2.69. The maximum atomic E-state index is 14.1. The number of carbonyl (C=O) groups excluding carboxylic acids is 5. The lowest BCUT2D eigenvalue weighted by Gasteiger charge is -2.39. The van der Waals surface area contributed by atoms with Gasteiger partial charge in [-0.2, -0.15) is 0 Å². The van der Waals surface area contributed by atoms with E-state index in [1.165, 1.54) is 4.90 Å². The van der Waals surface area contributed by atoms with Gasteiger partial charge in [0.1, 0.15) is 18.1 Å². The van der Waals surface area contributed by atoms with Gasteiger partial charge in [-0.3, -0.25) is 19.2 Å². The molecule has 4 fully saturated rings. The van der Waals surface area contributed by atoms with Gasteiger partial charge >= 0.3 is 6.03 Å². The number of carbonyl (C=O) groups is 5. The number of hydrogen-bond donors (Lipinski definition) is 5. The molecular weight excluding hydrogens is 514 g/mol. The summed E-state index contributed by atoms with van der Waals surface area (Å²) in [7, 11) is 0. The standard InChI is InChI=1S/C29H47N5O6/c1-27(2,3)22(32-26(40)33-29(15-35)12-8-6-7-9-13-29)25(39)34-14-17-18(28(17,4)5)20(34)24(38)31-19(16-10-11-16)21(36)23(30)37/h16-20,22,35H,6-15H2,1-5H3,(H2,30,37)(H,31,38)(H2,32,33,40)/t17-,18-,19?,20-,22+/m0/s1. The highest BCUT2D eigenvalue weighted by molar-refractivity contribution is 6.38. The molecule has 3 aliphatic carbocycles. The van der Waals surface area contributed by atoms with Gasteiger partial charge in [0.15, 0.2) is 0 Å². The summed E-state index contributed by atoms with van der Waals surface area (Å²) in [6, 6.07) is -3.26. The molecule has 0 aromatic heterocycles. The summed E-state index contributed by atoms with van der Waals surface area (Å²) in [4.78, 5) is 66.7. The summed E-state index contributed by atoms with van der Waals surface area (Å²) in [6.45, 7) is 9.88. The van der Waals surface area contributed by atoms with E-state index in [-0.39, 0.29) is 35.7 Å². The van der Waals surface area contributed by atoms with Crippen LogP contribution in [-0.2, 0) is 19.2 Å². The zero-order valence-corrected chi connectivity index (χ0v) is 24.5. The molecule has 3 saturated carbocycles. The van der Waals surface area contributed by atoms with Gasteiger partial charge in [-0.1, -0.05) is 60.3 Å². The molecule has 1 aliphatic heterocycles. The summed E-state index contributed by atoms with van der Waals surface area (Å²) >= 11 is 0. The third kappa shape index (κ3) is 5.99. The lowest BCUT2D eigenvalue weighted by atomic mass is 9.85. The van der Waals surface area contributed by atoms with E-state index < -0.39 is 52.7 Å². The van der Waals surface area contributed by atoms with Crippen LogP contribution >= 0.6 is 0 Å². The third-order valence-corrected chi connectivity index (χ3v) is 9.81. The number of fused-ring (bicyclic) bond motifs is 1. The van der Waals surface area contributed by atoms with Crippen molar-refractivity contribution in [3.05, 3.63) is 0 Å². The first-order chi connectivity index (χ1) is 18.6. The van der Waals surface area contributed by atoms with E-state index in [0.717, 1.165) is 38.5 Å². The number of ketones is 1. The molecule has 1 unspecified atom stereocenters. The minimum Gasteiger partial charge on any atom is -0.394 e. The van der Waals surface area contributed by atoms with Gasteiger partial charge in [0.05, 0.1) is 12.1 Å². The van der Waals surface area contributed by atoms with Crippen LogP contribution in [0.1, 0.15) is 86.0 Å². The number of rotatable bonds is 9. The summed E-state index contributed by atoms with van der Waals surface area (Å²) in [5.74, 6) is -2.86. The number of piperidine rings is 1. The van der Waals surface area contributed by atoms with Gasteiger partial charge < -0.3 is 31.7 Å². The number of hydrogen-bond acceptors (Lipinski definition) is 6. The predicted octanol–water partition coefficient (Wildman–Crippen LogP) is 1.22. The fourth-order valence-corrected chi connectivity index (χ4v) is 6.98. The molecule has 40 heavy (non-hydrogen) atoms. The molecule has 0 aromatic rings. The molecule has 0 bridgehead atoms. The molecule has 0 radical (unpaired) electrons. The molecule has 4 rings (SSSR count).